The number of esters is 1. The topological polar surface area (TPSA) is 96.3 Å². The van der Waals surface area contributed by atoms with Crippen molar-refractivity contribution in [3.63, 3.8) is 0 Å². The summed E-state index contributed by atoms with van der Waals surface area (Å²) in [7, 11) is 0. The van der Waals surface area contributed by atoms with Crippen LogP contribution < -0.4 is 4.74 Å². The number of aliphatic hydroxyl groups is 1. The van der Waals surface area contributed by atoms with E-state index in [1.54, 1.807) is 60.7 Å². The van der Waals surface area contributed by atoms with E-state index in [4.69, 9.17) is 14.6 Å². The van der Waals surface area contributed by atoms with Crippen LogP contribution >= 0.6 is 0 Å². The van der Waals surface area contributed by atoms with Gasteiger partial charge in [0.15, 0.2) is 0 Å². The van der Waals surface area contributed by atoms with Crippen molar-refractivity contribution in [2.45, 2.75) is 31.6 Å². The van der Waals surface area contributed by atoms with Gasteiger partial charge in [-0.05, 0) is 72.8 Å². The summed E-state index contributed by atoms with van der Waals surface area (Å²) >= 11 is 0. The van der Waals surface area contributed by atoms with Gasteiger partial charge in [0.1, 0.15) is 12.4 Å². The molecule has 1 saturated heterocycles. The van der Waals surface area contributed by atoms with Crippen LogP contribution in [-0.2, 0) is 28.3 Å². The maximum Gasteiger partial charge on any atom is 0.347 e. The first-order valence-electron chi connectivity index (χ1n) is 14.2. The Morgan fingerprint density at radius 1 is 0.786 bits per heavy atom. The van der Waals surface area contributed by atoms with Crippen LogP contribution in [0.25, 0.3) is 0 Å². The fourth-order valence-electron chi connectivity index (χ4n) is 5.25. The Morgan fingerprint density at radius 3 is 2.10 bits per heavy atom. The van der Waals surface area contributed by atoms with Gasteiger partial charge in [0.05, 0.1) is 12.2 Å². The van der Waals surface area contributed by atoms with Crippen molar-refractivity contribution >= 4 is 11.9 Å². The number of piperidine rings is 1. The van der Waals surface area contributed by atoms with Crippen LogP contribution in [0.4, 0.5) is 0 Å². The van der Waals surface area contributed by atoms with E-state index in [2.05, 4.69) is 29.2 Å². The number of nitrogens with zero attached hydrogens (tertiary/aromatic N) is 1. The lowest BCUT2D eigenvalue weighted by Gasteiger charge is -2.33. The number of hydrogen-bond acceptors (Lipinski definition) is 6. The van der Waals surface area contributed by atoms with Crippen LogP contribution in [0, 0.1) is 5.92 Å². The maximum absolute atomic E-state index is 13.6. The molecule has 42 heavy (non-hydrogen) atoms. The van der Waals surface area contributed by atoms with Crippen molar-refractivity contribution < 1.29 is 29.3 Å². The van der Waals surface area contributed by atoms with Gasteiger partial charge >= 0.3 is 11.9 Å². The van der Waals surface area contributed by atoms with E-state index in [1.165, 1.54) is 17.7 Å². The summed E-state index contributed by atoms with van der Waals surface area (Å²) in [5, 5.41) is 21.1. The lowest BCUT2D eigenvalue weighted by atomic mass is 9.86. The van der Waals surface area contributed by atoms with E-state index >= 15 is 0 Å². The summed E-state index contributed by atoms with van der Waals surface area (Å²) in [5.41, 5.74) is 1.02. The molecule has 1 aliphatic rings. The molecule has 216 valence electrons. The molecule has 0 unspecified atom stereocenters. The smallest absolute Gasteiger partial charge is 0.347 e. The van der Waals surface area contributed by atoms with Crippen molar-refractivity contribution in [3.8, 4) is 5.75 Å². The maximum atomic E-state index is 13.6. The highest BCUT2D eigenvalue weighted by molar-refractivity contribution is 5.87. The molecule has 0 aromatic heterocycles. The van der Waals surface area contributed by atoms with E-state index in [9.17, 15) is 14.7 Å². The second-order valence-corrected chi connectivity index (χ2v) is 10.7. The number of aromatic carboxylic acids is 1. The molecule has 1 heterocycles. The zero-order chi connectivity index (χ0) is 29.4. The number of benzene rings is 4. The van der Waals surface area contributed by atoms with E-state index in [0.717, 1.165) is 38.0 Å². The molecule has 5 rings (SSSR count). The zero-order valence-electron chi connectivity index (χ0n) is 23.4. The molecule has 0 saturated carbocycles. The van der Waals surface area contributed by atoms with Gasteiger partial charge in [0.2, 0.25) is 5.60 Å². The van der Waals surface area contributed by atoms with Gasteiger partial charge in [-0.1, -0.05) is 84.9 Å². The van der Waals surface area contributed by atoms with Crippen LogP contribution in [0.2, 0.25) is 0 Å². The van der Waals surface area contributed by atoms with Crippen LogP contribution in [0.1, 0.15) is 45.5 Å². The molecule has 2 N–H and O–H groups in total. The minimum atomic E-state index is -2.02. The molecule has 0 amide bonds. The third kappa shape index (κ3) is 7.05. The fraction of sp³-hybridized carbons (Fsp3) is 0.257. The summed E-state index contributed by atoms with van der Waals surface area (Å²) in [4.78, 5) is 27.1. The molecule has 1 aliphatic heterocycles. The number of hydrogen-bond donors (Lipinski definition) is 2. The van der Waals surface area contributed by atoms with Crippen LogP contribution in [0.5, 0.6) is 5.75 Å². The molecular formula is C35H35NO6. The van der Waals surface area contributed by atoms with Gasteiger partial charge in [0.25, 0.3) is 0 Å². The monoisotopic (exact) mass is 565 g/mol. The highest BCUT2D eigenvalue weighted by Crippen LogP contribution is 2.34. The Balaban J connectivity index is 1.24. The number of ether oxygens (including phenoxy) is 2. The lowest BCUT2D eigenvalue weighted by molar-refractivity contribution is -0.164. The lowest BCUT2D eigenvalue weighted by Crippen LogP contribution is -2.40. The zero-order valence-corrected chi connectivity index (χ0v) is 23.4. The second kappa shape index (κ2) is 13.5. The molecular weight excluding hydrogens is 530 g/mol. The Bertz CT molecular complexity index is 1470. The summed E-state index contributed by atoms with van der Waals surface area (Å²) in [6.07, 6.45) is 1.83. The molecule has 1 fully saturated rings. The van der Waals surface area contributed by atoms with Crippen LogP contribution in [0.3, 0.4) is 0 Å². The van der Waals surface area contributed by atoms with Crippen molar-refractivity contribution in [2.24, 2.45) is 5.92 Å². The van der Waals surface area contributed by atoms with Crippen LogP contribution in [0.15, 0.2) is 109 Å². The number of carbonyl (C=O) groups excluding carboxylic acids is 1. The van der Waals surface area contributed by atoms with Gasteiger partial charge in [-0.25, -0.2) is 9.59 Å². The van der Waals surface area contributed by atoms with E-state index in [-0.39, 0.29) is 24.7 Å². The highest BCUT2D eigenvalue weighted by atomic mass is 16.5. The first-order valence-corrected chi connectivity index (χ1v) is 14.2. The Labute approximate surface area is 246 Å². The average molecular weight is 566 g/mol. The minimum absolute atomic E-state index is 0.195. The van der Waals surface area contributed by atoms with Gasteiger partial charge < -0.3 is 19.7 Å². The Hall–Kier alpha value is -4.46. The molecule has 7 heteroatoms. The molecule has 1 atom stereocenters. The predicted molar refractivity (Wildman–Crippen MR) is 159 cm³/mol. The Morgan fingerprint density at radius 2 is 1.43 bits per heavy atom. The molecule has 0 radical (unpaired) electrons. The molecule has 4 aromatic carbocycles. The summed E-state index contributed by atoms with van der Waals surface area (Å²) in [5.74, 6) is -1.02. The SMILES string of the molecule is O=C(O)c1ccc(COc2cccc([C@](O)(C(=O)OCC3CCN(Cc4ccccc4)CC3)c3ccccc3)c2)cc1. The third-order valence-corrected chi connectivity index (χ3v) is 7.75. The largest absolute Gasteiger partial charge is 0.489 e. The van der Waals surface area contributed by atoms with E-state index < -0.39 is 17.5 Å². The quantitative estimate of drug-likeness (QED) is 0.227. The van der Waals surface area contributed by atoms with Crippen molar-refractivity contribution in [1.29, 1.82) is 0 Å². The van der Waals surface area contributed by atoms with E-state index in [1.807, 2.05) is 12.1 Å². The molecule has 0 spiro atoms. The van der Waals surface area contributed by atoms with E-state index in [0.29, 0.717) is 16.9 Å². The Kier molecular flexibility index (Phi) is 9.31. The number of carbonyl (C=O) groups is 2. The van der Waals surface area contributed by atoms with Gasteiger partial charge in [-0.15, -0.1) is 0 Å². The summed E-state index contributed by atoms with van der Waals surface area (Å²) < 4.78 is 11.7. The standard InChI is InChI=1S/C35H35NO6/c37-33(38)29-16-14-27(15-17-29)24-41-32-13-7-12-31(22-32)35(40,30-10-5-2-6-11-30)34(39)42-25-28-18-20-36(21-19-28)23-26-8-3-1-4-9-26/h1-17,22,28,40H,18-21,23-25H2,(H,37,38)/t35-/m0/s1. The molecule has 7 nitrogen and oxygen atoms in total. The third-order valence-electron chi connectivity index (χ3n) is 7.75. The average Bonchev–Trinajstić information content (AvgIpc) is 3.04. The fourth-order valence-corrected chi connectivity index (χ4v) is 5.25. The van der Waals surface area contributed by atoms with Crippen LogP contribution in [-0.4, -0.2) is 46.7 Å². The summed E-state index contributed by atoms with van der Waals surface area (Å²) in [6, 6.07) is 32.4. The first kappa shape index (κ1) is 29.0. The van der Waals surface area contributed by atoms with Crippen molar-refractivity contribution in [1.82, 2.24) is 4.90 Å². The second-order valence-electron chi connectivity index (χ2n) is 10.7. The predicted octanol–water partition coefficient (Wildman–Crippen LogP) is 5.66. The highest BCUT2D eigenvalue weighted by Gasteiger charge is 2.42. The normalized spacial score (nSPS) is 15.5. The molecule has 0 aliphatic carbocycles. The van der Waals surface area contributed by atoms with Crippen molar-refractivity contribution in [2.75, 3.05) is 19.7 Å². The van der Waals surface area contributed by atoms with Crippen molar-refractivity contribution in [3.05, 3.63) is 137 Å². The summed E-state index contributed by atoms with van der Waals surface area (Å²) in [6.45, 7) is 3.21. The number of carboxylic acids is 1. The van der Waals surface area contributed by atoms with Gasteiger partial charge in [-0.2, -0.15) is 0 Å². The molecule has 4 aromatic rings. The minimum Gasteiger partial charge on any atom is -0.489 e. The number of rotatable bonds is 11. The first-order chi connectivity index (χ1) is 20.4. The van der Waals surface area contributed by atoms with Gasteiger partial charge in [-0.3, -0.25) is 4.90 Å². The number of likely N-dealkylation sites (tertiary alicyclic amines) is 1. The number of carboxylic acid groups (broad SMARTS) is 1. The van der Waals surface area contributed by atoms with Gasteiger partial charge in [0, 0.05) is 12.1 Å². The molecule has 0 bridgehead atoms.